The highest BCUT2D eigenvalue weighted by Crippen LogP contribution is 2.24. The number of guanidine groups is 2. The molecule has 0 unspecified atom stereocenters. The zero-order valence-corrected chi connectivity index (χ0v) is 10.5. The molecule has 1 rings (SSSR count). The van der Waals surface area contributed by atoms with Crippen molar-refractivity contribution in [2.45, 2.75) is 6.42 Å². The Morgan fingerprint density at radius 1 is 1.12 bits per heavy atom. The molecule has 0 atom stereocenters. The van der Waals surface area contributed by atoms with Gasteiger partial charge in [0.2, 0.25) is 5.96 Å². The minimum Gasteiger partial charge on any atom is -0.370 e. The third-order valence-corrected chi connectivity index (χ3v) is 2.65. The van der Waals surface area contributed by atoms with Crippen LogP contribution in [0.2, 0.25) is 10.0 Å². The molecule has 0 aliphatic carbocycles. The number of nitrogens with two attached hydrogens (primary N) is 3. The molecule has 0 radical (unpaired) electrons. The van der Waals surface area contributed by atoms with Crippen molar-refractivity contribution in [3.8, 4) is 0 Å². The molecule has 0 amide bonds. The van der Waals surface area contributed by atoms with E-state index in [1.54, 1.807) is 18.2 Å². The molecular formula is C10H13Cl2N5. The van der Waals surface area contributed by atoms with Crippen molar-refractivity contribution in [1.29, 1.82) is 0 Å². The summed E-state index contributed by atoms with van der Waals surface area (Å²) in [5.74, 6) is -0.0878. The molecule has 6 N–H and O–H groups in total. The smallest absolute Gasteiger partial charge is 0.218 e. The van der Waals surface area contributed by atoms with E-state index in [1.165, 1.54) is 0 Å². The monoisotopic (exact) mass is 273 g/mol. The van der Waals surface area contributed by atoms with Gasteiger partial charge in [0.25, 0.3) is 0 Å². The average molecular weight is 274 g/mol. The summed E-state index contributed by atoms with van der Waals surface area (Å²) in [5.41, 5.74) is 16.6. The number of hydrogen-bond acceptors (Lipinski definition) is 1. The Balaban J connectivity index is 2.66. The standard InChI is InChI=1S/C10H13Cl2N5/c11-7-2-1-3-8(12)6(7)4-5-16-10(15)17-9(13)14/h1-3H,4-5H2,(H6,13,14,15,16,17). The van der Waals surface area contributed by atoms with Crippen molar-refractivity contribution in [3.05, 3.63) is 33.8 Å². The van der Waals surface area contributed by atoms with Crippen molar-refractivity contribution in [2.75, 3.05) is 6.54 Å². The lowest BCUT2D eigenvalue weighted by Gasteiger charge is -2.04. The fourth-order valence-corrected chi connectivity index (χ4v) is 1.81. The average Bonchev–Trinajstić information content (AvgIpc) is 2.21. The third kappa shape index (κ3) is 4.50. The van der Waals surface area contributed by atoms with E-state index in [0.717, 1.165) is 5.56 Å². The first-order valence-corrected chi connectivity index (χ1v) is 5.58. The van der Waals surface area contributed by atoms with Gasteiger partial charge in [0, 0.05) is 16.6 Å². The molecule has 92 valence electrons. The predicted octanol–water partition coefficient (Wildman–Crippen LogP) is 1.12. The minimum atomic E-state index is -0.123. The number of benzene rings is 1. The quantitative estimate of drug-likeness (QED) is 0.568. The zero-order valence-electron chi connectivity index (χ0n) is 9.03. The number of nitrogens with zero attached hydrogens (tertiary/aromatic N) is 2. The van der Waals surface area contributed by atoms with Crippen LogP contribution in [0.4, 0.5) is 0 Å². The fourth-order valence-electron chi connectivity index (χ4n) is 1.22. The lowest BCUT2D eigenvalue weighted by atomic mass is 10.1. The Bertz CT molecular complexity index is 432. The summed E-state index contributed by atoms with van der Waals surface area (Å²) >= 11 is 12.0. The van der Waals surface area contributed by atoms with Crippen LogP contribution in [0.1, 0.15) is 5.56 Å². The van der Waals surface area contributed by atoms with Gasteiger partial charge in [-0.15, -0.1) is 0 Å². The second-order valence-corrected chi connectivity index (χ2v) is 4.04. The molecule has 0 aliphatic heterocycles. The van der Waals surface area contributed by atoms with Gasteiger partial charge in [-0.05, 0) is 24.1 Å². The molecule has 0 aliphatic rings. The molecule has 0 spiro atoms. The summed E-state index contributed by atoms with van der Waals surface area (Å²) in [6, 6.07) is 5.32. The van der Waals surface area contributed by atoms with Gasteiger partial charge in [-0.25, -0.2) is 0 Å². The van der Waals surface area contributed by atoms with Crippen LogP contribution in [0, 0.1) is 0 Å². The van der Waals surface area contributed by atoms with Gasteiger partial charge in [0.1, 0.15) is 0 Å². The van der Waals surface area contributed by atoms with E-state index in [-0.39, 0.29) is 11.9 Å². The number of hydrogen-bond donors (Lipinski definition) is 3. The van der Waals surface area contributed by atoms with Crippen LogP contribution in [0.25, 0.3) is 0 Å². The van der Waals surface area contributed by atoms with Crippen molar-refractivity contribution in [3.63, 3.8) is 0 Å². The fraction of sp³-hybridized carbons (Fsp3) is 0.200. The van der Waals surface area contributed by atoms with Gasteiger partial charge >= 0.3 is 0 Å². The van der Waals surface area contributed by atoms with Crippen LogP contribution in [0.3, 0.4) is 0 Å². The van der Waals surface area contributed by atoms with E-state index in [2.05, 4.69) is 9.98 Å². The van der Waals surface area contributed by atoms with E-state index in [4.69, 9.17) is 40.4 Å². The molecule has 7 heteroatoms. The van der Waals surface area contributed by atoms with Gasteiger partial charge in [-0.2, -0.15) is 4.99 Å². The Morgan fingerprint density at radius 2 is 1.71 bits per heavy atom. The van der Waals surface area contributed by atoms with Crippen molar-refractivity contribution >= 4 is 35.1 Å². The first kappa shape index (κ1) is 13.6. The molecule has 1 aromatic carbocycles. The molecule has 0 heterocycles. The minimum absolute atomic E-state index is 0.0353. The van der Waals surface area contributed by atoms with Crippen LogP contribution < -0.4 is 17.2 Å². The SMILES string of the molecule is NC(N)=NC(N)=NCCc1c(Cl)cccc1Cl. The molecular weight excluding hydrogens is 261 g/mol. The Labute approximate surface area is 109 Å². The van der Waals surface area contributed by atoms with E-state index >= 15 is 0 Å². The first-order valence-electron chi connectivity index (χ1n) is 4.83. The van der Waals surface area contributed by atoms with Gasteiger partial charge in [-0.1, -0.05) is 29.3 Å². The second-order valence-electron chi connectivity index (χ2n) is 3.23. The predicted molar refractivity (Wildman–Crippen MR) is 72.5 cm³/mol. The lowest BCUT2D eigenvalue weighted by Crippen LogP contribution is -2.26. The molecule has 0 saturated carbocycles. The van der Waals surface area contributed by atoms with Crippen molar-refractivity contribution in [2.24, 2.45) is 27.2 Å². The van der Waals surface area contributed by atoms with Gasteiger partial charge in [-0.3, -0.25) is 4.99 Å². The maximum atomic E-state index is 6.00. The Kier molecular flexibility index (Phi) is 5.06. The Morgan fingerprint density at radius 3 is 2.24 bits per heavy atom. The summed E-state index contributed by atoms with van der Waals surface area (Å²) in [5, 5.41) is 1.21. The van der Waals surface area contributed by atoms with Gasteiger partial charge in [0.15, 0.2) is 5.96 Å². The normalized spacial score (nSPS) is 11.3. The van der Waals surface area contributed by atoms with Gasteiger partial charge < -0.3 is 17.2 Å². The highest BCUT2D eigenvalue weighted by atomic mass is 35.5. The summed E-state index contributed by atoms with van der Waals surface area (Å²) in [7, 11) is 0. The number of halogens is 2. The topological polar surface area (TPSA) is 103 Å². The molecule has 17 heavy (non-hydrogen) atoms. The molecule has 5 nitrogen and oxygen atoms in total. The summed E-state index contributed by atoms with van der Waals surface area (Å²) < 4.78 is 0. The highest BCUT2D eigenvalue weighted by molar-refractivity contribution is 6.35. The first-order chi connectivity index (χ1) is 8.00. The van der Waals surface area contributed by atoms with E-state index in [0.29, 0.717) is 23.0 Å². The van der Waals surface area contributed by atoms with Crippen molar-refractivity contribution in [1.82, 2.24) is 0 Å². The van der Waals surface area contributed by atoms with Crippen LogP contribution in [0.15, 0.2) is 28.2 Å². The maximum absolute atomic E-state index is 6.00. The van der Waals surface area contributed by atoms with E-state index < -0.39 is 0 Å². The van der Waals surface area contributed by atoms with Crippen LogP contribution >= 0.6 is 23.2 Å². The largest absolute Gasteiger partial charge is 0.370 e. The van der Waals surface area contributed by atoms with Crippen LogP contribution in [0.5, 0.6) is 0 Å². The van der Waals surface area contributed by atoms with Crippen molar-refractivity contribution < 1.29 is 0 Å². The van der Waals surface area contributed by atoms with E-state index in [9.17, 15) is 0 Å². The summed E-state index contributed by atoms with van der Waals surface area (Å²) in [4.78, 5) is 7.56. The summed E-state index contributed by atoms with van der Waals surface area (Å²) in [6.07, 6.45) is 0.569. The van der Waals surface area contributed by atoms with E-state index in [1.807, 2.05) is 0 Å². The molecule has 0 bridgehead atoms. The Hall–Kier alpha value is -1.46. The molecule has 0 saturated heterocycles. The highest BCUT2D eigenvalue weighted by Gasteiger charge is 2.04. The molecule has 1 aromatic rings. The number of aliphatic imine (C=N–C) groups is 2. The second kappa shape index (κ2) is 6.32. The van der Waals surface area contributed by atoms with Gasteiger partial charge in [0.05, 0.1) is 0 Å². The molecule has 0 fully saturated rings. The number of rotatable bonds is 3. The zero-order chi connectivity index (χ0) is 12.8. The summed E-state index contributed by atoms with van der Waals surface area (Å²) in [6.45, 7) is 0.409. The lowest BCUT2D eigenvalue weighted by molar-refractivity contribution is 0.962. The molecule has 0 aromatic heterocycles. The van der Waals surface area contributed by atoms with Crippen LogP contribution in [-0.4, -0.2) is 18.5 Å². The third-order valence-electron chi connectivity index (χ3n) is 1.94. The maximum Gasteiger partial charge on any atom is 0.218 e. The van der Waals surface area contributed by atoms with Crippen LogP contribution in [-0.2, 0) is 6.42 Å².